The third-order valence-electron chi connectivity index (χ3n) is 1.85. The molecular weight excluding hydrogens is 237 g/mol. The molecule has 2 aromatic rings. The molecule has 2 aromatic heterocycles. The fraction of sp³-hybridized carbons (Fsp3) is 0.200. The summed E-state index contributed by atoms with van der Waals surface area (Å²) in [5, 5.41) is 24.8. The third-order valence-corrected chi connectivity index (χ3v) is 2.65. The summed E-state index contributed by atoms with van der Waals surface area (Å²) < 4.78 is 1.32. The molecule has 0 radical (unpaired) electrons. The van der Waals surface area contributed by atoms with Crippen molar-refractivity contribution < 1.29 is 10.0 Å². The lowest BCUT2D eigenvalue weighted by Gasteiger charge is -1.97. The fourth-order valence-corrected chi connectivity index (χ4v) is 1.80. The van der Waals surface area contributed by atoms with Crippen LogP contribution in [0.2, 0.25) is 0 Å². The molecule has 0 fully saturated rings. The highest BCUT2D eigenvalue weighted by Gasteiger charge is 2.19. The van der Waals surface area contributed by atoms with Crippen molar-refractivity contribution in [3.05, 3.63) is 24.2 Å². The number of hydrogen-bond donors (Lipinski definition) is 2. The molecule has 0 aromatic carbocycles. The van der Waals surface area contributed by atoms with Crippen LogP contribution in [0.4, 0.5) is 0 Å². The maximum absolute atomic E-state index is 9.08. The minimum atomic E-state index is -1.57. The summed E-state index contributed by atoms with van der Waals surface area (Å²) in [6.07, 6.45) is 3.08. The van der Waals surface area contributed by atoms with Crippen LogP contribution >= 0.6 is 11.3 Å². The molecule has 0 aliphatic heterocycles. The predicted molar refractivity (Wildman–Crippen MR) is 70.9 cm³/mol. The summed E-state index contributed by atoms with van der Waals surface area (Å²) in [7, 11) is -1.57. The quantitative estimate of drug-likeness (QED) is 0.792. The molecule has 7 heteroatoms. The predicted octanol–water partition coefficient (Wildman–Crippen LogP) is 0.813. The van der Waals surface area contributed by atoms with Crippen molar-refractivity contribution in [1.29, 1.82) is 0 Å². The monoisotopic (exact) mass is 251 g/mol. The summed E-state index contributed by atoms with van der Waals surface area (Å²) in [5.74, 6) is 0. The summed E-state index contributed by atoms with van der Waals surface area (Å²) in [6, 6.07) is 1.57. The lowest BCUT2D eigenvalue weighted by atomic mass is 9.86. The van der Waals surface area contributed by atoms with Gasteiger partial charge in [0.25, 0.3) is 0 Å². The van der Waals surface area contributed by atoms with E-state index in [1.807, 2.05) is 19.2 Å². The SMILES string of the molecule is C=Cn1nc(-c2nccs2)cc1B(O)O.CC. The Morgan fingerprint density at radius 2 is 2.18 bits per heavy atom. The molecule has 2 rings (SSSR count). The van der Waals surface area contributed by atoms with Crippen molar-refractivity contribution >= 4 is 30.2 Å². The van der Waals surface area contributed by atoms with E-state index in [9.17, 15) is 0 Å². The zero-order valence-electron chi connectivity index (χ0n) is 9.74. The van der Waals surface area contributed by atoms with Crippen LogP contribution in [0.25, 0.3) is 16.9 Å². The molecule has 0 aliphatic rings. The van der Waals surface area contributed by atoms with Crippen LogP contribution in [-0.4, -0.2) is 31.9 Å². The van der Waals surface area contributed by atoms with E-state index in [4.69, 9.17) is 10.0 Å². The van der Waals surface area contributed by atoms with Gasteiger partial charge in [0.1, 0.15) is 10.7 Å². The highest BCUT2D eigenvalue weighted by molar-refractivity contribution is 7.13. The maximum atomic E-state index is 9.08. The zero-order chi connectivity index (χ0) is 12.8. The molecule has 5 nitrogen and oxygen atoms in total. The Balaban J connectivity index is 0.000000686. The summed E-state index contributed by atoms with van der Waals surface area (Å²) in [4.78, 5) is 4.08. The minimum Gasteiger partial charge on any atom is -0.422 e. The van der Waals surface area contributed by atoms with Crippen molar-refractivity contribution in [3.8, 4) is 10.7 Å². The Bertz CT molecular complexity index is 468. The summed E-state index contributed by atoms with van der Waals surface area (Å²) in [5.41, 5.74) is 0.878. The Kier molecular flexibility index (Phi) is 5.08. The van der Waals surface area contributed by atoms with Gasteiger partial charge < -0.3 is 10.0 Å². The van der Waals surface area contributed by atoms with Crippen LogP contribution in [0, 0.1) is 0 Å². The number of hydrogen-bond acceptors (Lipinski definition) is 5. The first-order valence-electron chi connectivity index (χ1n) is 5.20. The Morgan fingerprint density at radius 3 is 2.59 bits per heavy atom. The van der Waals surface area contributed by atoms with Crippen molar-refractivity contribution in [1.82, 2.24) is 14.8 Å². The van der Waals surface area contributed by atoms with E-state index in [0.29, 0.717) is 5.69 Å². The van der Waals surface area contributed by atoms with Gasteiger partial charge in [-0.05, 0) is 6.07 Å². The average molecular weight is 251 g/mol. The standard InChI is InChI=1S/C8H8BN3O2S.C2H6/c1-2-12-7(9(13)14)5-6(11-12)8-10-3-4-15-8;1-2/h2-5,13-14H,1H2;1-2H3. The average Bonchev–Trinajstić information content (AvgIpc) is 3.00. The van der Waals surface area contributed by atoms with Crippen molar-refractivity contribution in [2.45, 2.75) is 13.8 Å². The topological polar surface area (TPSA) is 71.2 Å². The number of nitrogens with zero attached hydrogens (tertiary/aromatic N) is 3. The van der Waals surface area contributed by atoms with Gasteiger partial charge in [-0.15, -0.1) is 11.3 Å². The van der Waals surface area contributed by atoms with Gasteiger partial charge in [-0.2, -0.15) is 5.10 Å². The number of aromatic nitrogens is 3. The molecule has 0 saturated heterocycles. The first-order chi connectivity index (χ1) is 8.22. The van der Waals surface area contributed by atoms with Crippen LogP contribution in [0.3, 0.4) is 0 Å². The van der Waals surface area contributed by atoms with Crippen LogP contribution < -0.4 is 5.59 Å². The maximum Gasteiger partial charge on any atom is 0.508 e. The molecule has 0 amide bonds. The van der Waals surface area contributed by atoms with E-state index in [2.05, 4.69) is 16.7 Å². The highest BCUT2D eigenvalue weighted by Crippen LogP contribution is 2.18. The first-order valence-corrected chi connectivity index (χ1v) is 6.08. The summed E-state index contributed by atoms with van der Waals surface area (Å²) in [6.45, 7) is 7.53. The number of thiazole rings is 1. The van der Waals surface area contributed by atoms with Crippen LogP contribution in [0.1, 0.15) is 13.8 Å². The molecule has 0 atom stereocenters. The fourth-order valence-electron chi connectivity index (χ4n) is 1.20. The second kappa shape index (κ2) is 6.34. The van der Waals surface area contributed by atoms with Crippen LogP contribution in [-0.2, 0) is 0 Å². The number of rotatable bonds is 3. The molecule has 2 heterocycles. The van der Waals surface area contributed by atoms with Crippen LogP contribution in [0.15, 0.2) is 24.2 Å². The lowest BCUT2D eigenvalue weighted by Crippen LogP contribution is -2.34. The normalized spacial score (nSPS) is 9.41. The van der Waals surface area contributed by atoms with Gasteiger partial charge in [0.2, 0.25) is 0 Å². The minimum absolute atomic E-state index is 0.273. The Morgan fingerprint density at radius 1 is 1.47 bits per heavy atom. The van der Waals surface area contributed by atoms with Gasteiger partial charge in [0.05, 0.1) is 5.59 Å². The van der Waals surface area contributed by atoms with Gasteiger partial charge in [-0.1, -0.05) is 20.4 Å². The second-order valence-corrected chi connectivity index (χ2v) is 3.69. The lowest BCUT2D eigenvalue weighted by molar-refractivity contribution is 0.423. The van der Waals surface area contributed by atoms with Crippen LogP contribution in [0.5, 0.6) is 0 Å². The molecule has 0 bridgehead atoms. The van der Waals surface area contributed by atoms with Gasteiger partial charge in [0.15, 0.2) is 0 Å². The van der Waals surface area contributed by atoms with Gasteiger partial charge in [-0.25, -0.2) is 9.67 Å². The molecule has 0 saturated carbocycles. The van der Waals surface area contributed by atoms with Gasteiger partial charge in [-0.3, -0.25) is 0 Å². The first kappa shape index (κ1) is 13.6. The van der Waals surface area contributed by atoms with E-state index >= 15 is 0 Å². The Labute approximate surface area is 104 Å². The summed E-state index contributed by atoms with van der Waals surface area (Å²) >= 11 is 1.44. The molecule has 2 N–H and O–H groups in total. The van der Waals surface area contributed by atoms with E-state index in [1.54, 1.807) is 12.3 Å². The van der Waals surface area contributed by atoms with Crippen molar-refractivity contribution in [2.24, 2.45) is 0 Å². The zero-order valence-corrected chi connectivity index (χ0v) is 10.6. The van der Waals surface area contributed by atoms with E-state index < -0.39 is 7.12 Å². The molecular formula is C10H14BN3O2S. The second-order valence-electron chi connectivity index (χ2n) is 2.79. The molecule has 90 valence electrons. The molecule has 0 unspecified atom stereocenters. The smallest absolute Gasteiger partial charge is 0.422 e. The van der Waals surface area contributed by atoms with Crippen molar-refractivity contribution in [2.75, 3.05) is 0 Å². The molecule has 0 aliphatic carbocycles. The van der Waals surface area contributed by atoms with Gasteiger partial charge in [0, 0.05) is 17.8 Å². The molecule has 0 spiro atoms. The van der Waals surface area contributed by atoms with Gasteiger partial charge >= 0.3 is 7.12 Å². The third kappa shape index (κ3) is 3.03. The van der Waals surface area contributed by atoms with E-state index in [1.165, 1.54) is 22.2 Å². The van der Waals surface area contributed by atoms with E-state index in [0.717, 1.165) is 5.01 Å². The largest absolute Gasteiger partial charge is 0.508 e. The van der Waals surface area contributed by atoms with Crippen molar-refractivity contribution in [3.63, 3.8) is 0 Å². The Hall–Kier alpha value is -1.44. The highest BCUT2D eigenvalue weighted by atomic mass is 32.1. The molecule has 17 heavy (non-hydrogen) atoms. The van der Waals surface area contributed by atoms with E-state index in [-0.39, 0.29) is 5.59 Å².